The molecule has 0 saturated carbocycles. The van der Waals surface area contributed by atoms with Crippen molar-refractivity contribution in [1.29, 1.82) is 0 Å². The number of nitrogens with two attached hydrogens (primary N) is 2. The molecule has 0 unspecified atom stereocenters. The van der Waals surface area contributed by atoms with Gasteiger partial charge in [-0.15, -0.1) is 0 Å². The number of hydrogen-bond donors (Lipinski definition) is 15. The molecule has 0 aliphatic rings. The van der Waals surface area contributed by atoms with Crippen LogP contribution in [0.1, 0.15) is 58.2 Å². The Labute approximate surface area is 374 Å². The van der Waals surface area contributed by atoms with Crippen LogP contribution in [-0.2, 0) is 56.0 Å². The number of carbonyl (C=O) groups excluding carboxylic acids is 8. The molecule has 2 rings (SSSR count). The Hall–Kier alpha value is -6.70. The fraction of sp³-hybridized carbons (Fsp3) is 0.550. The highest BCUT2D eigenvalue weighted by Gasteiger charge is 2.32. The van der Waals surface area contributed by atoms with Gasteiger partial charge in [0, 0.05) is 24.7 Å². The maximum atomic E-state index is 13.7. The molecule has 17 N–H and O–H groups in total. The number of aliphatic carboxylic acids is 1. The van der Waals surface area contributed by atoms with Gasteiger partial charge in [0.05, 0.1) is 38.2 Å². The van der Waals surface area contributed by atoms with E-state index in [1.807, 2.05) is 0 Å². The summed E-state index contributed by atoms with van der Waals surface area (Å²) in [6, 6.07) is -3.47. The minimum Gasteiger partial charge on any atom is -0.508 e. The zero-order valence-electron chi connectivity index (χ0n) is 36.6. The monoisotopic (exact) mass is 918 g/mol. The van der Waals surface area contributed by atoms with E-state index in [4.69, 9.17) is 11.5 Å². The number of nitrogens with one attached hydrogen (secondary N) is 9. The first-order valence-corrected chi connectivity index (χ1v) is 20.7. The van der Waals surface area contributed by atoms with Crippen molar-refractivity contribution in [2.24, 2.45) is 17.4 Å². The van der Waals surface area contributed by atoms with Crippen molar-refractivity contribution in [3.8, 4) is 5.75 Å². The standard InChI is InChI=1S/C40H62N12O13/c1-20(2)32(42)39(63)51-27(13-23-8-10-25(55)11-9-23)37(61)50-28(14-24-15-43-19-46-24)35(59)45-16-30(56)47-21(3)34(58)44-17-31(57)48-29(18-53)38(62)49-26(7-5-6-12-41)36(60)52-33(22(4)54)40(64)65/h8-11,15,19-22,26-29,32-33,53-55H,5-7,12-14,16-18,41-42H2,1-4H3,(H,43,46)(H,44,58)(H,45,59)(H,47,56)(H,48,57)(H,49,62)(H,50,61)(H,51,63)(H,52,60)(H,64,65)/t21-,22+,26-,27-,28-,29-,32-,33-/m0/s1. The minimum atomic E-state index is -1.69. The number of aliphatic hydroxyl groups is 2. The summed E-state index contributed by atoms with van der Waals surface area (Å²) < 4.78 is 0. The van der Waals surface area contributed by atoms with Crippen molar-refractivity contribution in [1.82, 2.24) is 52.5 Å². The topological polar surface area (TPSA) is 412 Å². The molecule has 0 spiro atoms. The molecule has 1 aromatic carbocycles. The summed E-state index contributed by atoms with van der Waals surface area (Å²) in [7, 11) is 0. The van der Waals surface area contributed by atoms with Crippen LogP contribution in [0.15, 0.2) is 36.8 Å². The molecule has 1 aromatic heterocycles. The van der Waals surface area contributed by atoms with Crippen LogP contribution >= 0.6 is 0 Å². The summed E-state index contributed by atoms with van der Waals surface area (Å²) in [5.74, 6) is -8.64. The molecule has 65 heavy (non-hydrogen) atoms. The summed E-state index contributed by atoms with van der Waals surface area (Å²) in [6.07, 6.45) is 1.91. The molecular weight excluding hydrogens is 857 g/mol. The van der Waals surface area contributed by atoms with Gasteiger partial charge in [-0.1, -0.05) is 26.0 Å². The molecule has 1 heterocycles. The van der Waals surface area contributed by atoms with Crippen LogP contribution in [0.2, 0.25) is 0 Å². The van der Waals surface area contributed by atoms with E-state index in [-0.39, 0.29) is 37.5 Å². The first-order valence-electron chi connectivity index (χ1n) is 20.7. The molecular formula is C40H62N12O13. The van der Waals surface area contributed by atoms with Gasteiger partial charge in [-0.25, -0.2) is 9.78 Å². The Morgan fingerprint density at radius 2 is 1.25 bits per heavy atom. The number of nitrogens with zero attached hydrogens (tertiary/aromatic N) is 1. The summed E-state index contributed by atoms with van der Waals surface area (Å²) in [5, 5.41) is 57.5. The third-order valence-corrected chi connectivity index (χ3v) is 9.72. The van der Waals surface area contributed by atoms with E-state index >= 15 is 0 Å². The predicted molar refractivity (Wildman–Crippen MR) is 230 cm³/mol. The van der Waals surface area contributed by atoms with Gasteiger partial charge in [-0.05, 0) is 63.3 Å². The van der Waals surface area contributed by atoms with E-state index in [0.29, 0.717) is 24.1 Å². The van der Waals surface area contributed by atoms with E-state index in [1.54, 1.807) is 26.0 Å². The number of carboxylic acid groups (broad SMARTS) is 1. The summed E-state index contributed by atoms with van der Waals surface area (Å²) >= 11 is 0. The smallest absolute Gasteiger partial charge is 0.328 e. The highest BCUT2D eigenvalue weighted by atomic mass is 16.4. The lowest BCUT2D eigenvalue weighted by Crippen LogP contribution is -2.58. The van der Waals surface area contributed by atoms with E-state index < -0.39 is 121 Å². The van der Waals surface area contributed by atoms with Crippen molar-refractivity contribution in [3.05, 3.63) is 48.0 Å². The zero-order chi connectivity index (χ0) is 48.8. The van der Waals surface area contributed by atoms with Gasteiger partial charge in [0.2, 0.25) is 47.3 Å². The third-order valence-electron chi connectivity index (χ3n) is 9.72. The van der Waals surface area contributed by atoms with Gasteiger partial charge in [-0.2, -0.15) is 0 Å². The van der Waals surface area contributed by atoms with Gasteiger partial charge >= 0.3 is 5.97 Å². The third kappa shape index (κ3) is 19.3. The van der Waals surface area contributed by atoms with Crippen molar-refractivity contribution in [3.63, 3.8) is 0 Å². The second kappa shape index (κ2) is 27.5. The maximum Gasteiger partial charge on any atom is 0.328 e. The molecule has 0 fully saturated rings. The van der Waals surface area contributed by atoms with Crippen LogP contribution in [0.3, 0.4) is 0 Å². The van der Waals surface area contributed by atoms with Crippen molar-refractivity contribution >= 4 is 53.2 Å². The largest absolute Gasteiger partial charge is 0.508 e. The number of unbranched alkanes of at least 4 members (excludes halogenated alkanes) is 1. The van der Waals surface area contributed by atoms with Gasteiger partial charge < -0.3 is 79.4 Å². The Kier molecular flexibility index (Phi) is 23.0. The lowest BCUT2D eigenvalue weighted by molar-refractivity contribution is -0.145. The van der Waals surface area contributed by atoms with Gasteiger partial charge in [-0.3, -0.25) is 38.4 Å². The molecule has 8 amide bonds. The lowest BCUT2D eigenvalue weighted by atomic mass is 10.0. The number of amides is 8. The number of carbonyl (C=O) groups is 9. The minimum absolute atomic E-state index is 0.00234. The highest BCUT2D eigenvalue weighted by molar-refractivity contribution is 5.96. The molecule has 360 valence electrons. The summed E-state index contributed by atoms with van der Waals surface area (Å²) in [5.41, 5.74) is 12.5. The zero-order valence-corrected chi connectivity index (χ0v) is 36.6. The van der Waals surface area contributed by atoms with E-state index in [0.717, 1.165) is 6.92 Å². The summed E-state index contributed by atoms with van der Waals surface area (Å²) in [4.78, 5) is 122. The molecule has 0 aliphatic carbocycles. The number of rotatable bonds is 28. The number of benzene rings is 1. The number of aromatic nitrogens is 2. The van der Waals surface area contributed by atoms with Crippen LogP contribution in [0.4, 0.5) is 0 Å². The Morgan fingerprint density at radius 1 is 0.692 bits per heavy atom. The molecule has 0 saturated heterocycles. The average molecular weight is 919 g/mol. The lowest BCUT2D eigenvalue weighted by Gasteiger charge is -2.25. The van der Waals surface area contributed by atoms with Crippen LogP contribution in [0, 0.1) is 5.92 Å². The molecule has 8 atom stereocenters. The average Bonchev–Trinajstić information content (AvgIpc) is 3.78. The summed E-state index contributed by atoms with van der Waals surface area (Å²) in [6.45, 7) is 3.79. The maximum absolute atomic E-state index is 13.7. The number of aromatic hydroxyl groups is 1. The number of phenolic OH excluding ortho intramolecular Hbond substituents is 1. The number of H-pyrrole nitrogens is 1. The van der Waals surface area contributed by atoms with Crippen LogP contribution < -0.4 is 54.0 Å². The highest BCUT2D eigenvalue weighted by Crippen LogP contribution is 2.13. The van der Waals surface area contributed by atoms with Crippen molar-refractivity contribution < 1.29 is 63.6 Å². The van der Waals surface area contributed by atoms with Crippen molar-refractivity contribution in [2.45, 2.75) is 108 Å². The Bertz CT molecular complexity index is 1910. The number of aromatic amines is 1. The number of imidazole rings is 1. The molecule has 25 heteroatoms. The Balaban J connectivity index is 2.01. The number of carboxylic acids is 1. The van der Waals surface area contributed by atoms with E-state index in [2.05, 4.69) is 52.5 Å². The SMILES string of the molecule is CC(C)[C@H](N)C(=O)N[C@@H](Cc1ccc(O)cc1)C(=O)N[C@@H](Cc1cnc[nH]1)C(=O)NCC(=O)N[C@@H](C)C(=O)NCC(=O)N[C@@H](CO)C(=O)N[C@@H](CCCCN)C(=O)N[C@H](C(=O)O)[C@@H](C)O. The normalized spacial score (nSPS) is 14.7. The second-order valence-electron chi connectivity index (χ2n) is 15.5. The number of hydrogen-bond acceptors (Lipinski definition) is 15. The van der Waals surface area contributed by atoms with E-state index in [1.165, 1.54) is 31.6 Å². The van der Waals surface area contributed by atoms with Crippen LogP contribution in [-0.4, -0.2) is 158 Å². The molecule has 25 nitrogen and oxygen atoms in total. The van der Waals surface area contributed by atoms with Gasteiger partial charge in [0.1, 0.15) is 36.0 Å². The molecule has 2 aromatic rings. The Morgan fingerprint density at radius 3 is 1.80 bits per heavy atom. The van der Waals surface area contributed by atoms with E-state index in [9.17, 15) is 63.6 Å². The van der Waals surface area contributed by atoms with Gasteiger partial charge in [0.15, 0.2) is 6.04 Å². The number of aliphatic hydroxyl groups excluding tert-OH is 2. The molecule has 0 radical (unpaired) electrons. The fourth-order valence-electron chi connectivity index (χ4n) is 5.83. The second-order valence-corrected chi connectivity index (χ2v) is 15.5. The fourth-order valence-corrected chi connectivity index (χ4v) is 5.83. The first kappa shape index (κ1) is 54.4. The predicted octanol–water partition coefficient (Wildman–Crippen LogP) is -5.37. The number of phenols is 1. The van der Waals surface area contributed by atoms with Crippen LogP contribution in [0.5, 0.6) is 5.75 Å². The molecule has 0 aliphatic heterocycles. The van der Waals surface area contributed by atoms with Gasteiger partial charge in [0.25, 0.3) is 0 Å². The molecule has 0 bridgehead atoms. The quantitative estimate of drug-likeness (QED) is 0.0354. The van der Waals surface area contributed by atoms with Crippen LogP contribution in [0.25, 0.3) is 0 Å². The van der Waals surface area contributed by atoms with Crippen molar-refractivity contribution in [2.75, 3.05) is 26.2 Å². The first-order chi connectivity index (χ1) is 30.7.